The van der Waals surface area contributed by atoms with Crippen molar-refractivity contribution in [1.29, 1.82) is 0 Å². The number of aryl methyl sites for hydroxylation is 1. The fraction of sp³-hybridized carbons (Fsp3) is 0.800. The Bertz CT molecular complexity index is 361. The molecule has 3 heteroatoms. The number of hydrogen-bond acceptors (Lipinski definition) is 2. The highest BCUT2D eigenvalue weighted by atomic mass is 16.3. The molecule has 1 aromatic heterocycles. The molecule has 0 aliphatic heterocycles. The van der Waals surface area contributed by atoms with Crippen LogP contribution in [0, 0.1) is 5.92 Å². The summed E-state index contributed by atoms with van der Waals surface area (Å²) in [6.07, 6.45) is 11.8. The minimum absolute atomic E-state index is 0.137. The summed E-state index contributed by atoms with van der Waals surface area (Å²) in [7, 11) is 0. The first-order valence-electron chi connectivity index (χ1n) is 7.45. The average Bonchev–Trinajstić information content (AvgIpc) is 2.81. The highest BCUT2D eigenvalue weighted by Crippen LogP contribution is 2.36. The van der Waals surface area contributed by atoms with E-state index >= 15 is 0 Å². The molecule has 3 unspecified atom stereocenters. The van der Waals surface area contributed by atoms with Crippen LogP contribution < -0.4 is 0 Å². The smallest absolute Gasteiger partial charge is 0.0572 e. The van der Waals surface area contributed by atoms with Crippen molar-refractivity contribution in [3.63, 3.8) is 0 Å². The molecule has 0 amide bonds. The van der Waals surface area contributed by atoms with Gasteiger partial charge in [-0.05, 0) is 43.6 Å². The van der Waals surface area contributed by atoms with Gasteiger partial charge in [0, 0.05) is 6.20 Å². The highest BCUT2D eigenvalue weighted by molar-refractivity contribution is 5.05. The zero-order valence-electron chi connectivity index (χ0n) is 11.7. The Balaban J connectivity index is 2.10. The SMILES string of the molecule is CCCc1cnn(C2CC(O)CCC2CCC)c1. The molecule has 2 rings (SSSR count). The zero-order chi connectivity index (χ0) is 13.0. The van der Waals surface area contributed by atoms with Crippen molar-refractivity contribution in [3.8, 4) is 0 Å². The van der Waals surface area contributed by atoms with Crippen molar-refractivity contribution >= 4 is 0 Å². The lowest BCUT2D eigenvalue weighted by Crippen LogP contribution is -2.30. The normalized spacial score (nSPS) is 28.5. The van der Waals surface area contributed by atoms with Crippen molar-refractivity contribution in [2.24, 2.45) is 5.92 Å². The minimum atomic E-state index is -0.137. The van der Waals surface area contributed by atoms with E-state index < -0.39 is 0 Å². The number of hydrogen-bond donors (Lipinski definition) is 1. The van der Waals surface area contributed by atoms with Crippen LogP contribution >= 0.6 is 0 Å². The van der Waals surface area contributed by atoms with Crippen LogP contribution in [0.4, 0.5) is 0 Å². The zero-order valence-corrected chi connectivity index (χ0v) is 11.7. The monoisotopic (exact) mass is 250 g/mol. The Labute approximate surface area is 110 Å². The number of nitrogens with zero attached hydrogens (tertiary/aromatic N) is 2. The maximum absolute atomic E-state index is 9.90. The molecule has 0 radical (unpaired) electrons. The number of aromatic nitrogens is 2. The van der Waals surface area contributed by atoms with Gasteiger partial charge < -0.3 is 5.11 Å². The molecule has 1 fully saturated rings. The second kappa shape index (κ2) is 6.37. The summed E-state index contributed by atoms with van der Waals surface area (Å²) in [6.45, 7) is 4.44. The molecular formula is C15H26N2O. The van der Waals surface area contributed by atoms with Gasteiger partial charge >= 0.3 is 0 Å². The quantitative estimate of drug-likeness (QED) is 0.870. The molecular weight excluding hydrogens is 224 g/mol. The van der Waals surface area contributed by atoms with Gasteiger partial charge in [0.05, 0.1) is 18.3 Å². The molecule has 18 heavy (non-hydrogen) atoms. The van der Waals surface area contributed by atoms with E-state index in [1.54, 1.807) is 0 Å². The molecule has 1 heterocycles. The Morgan fingerprint density at radius 2 is 2.17 bits per heavy atom. The van der Waals surface area contributed by atoms with E-state index in [2.05, 4.69) is 29.8 Å². The fourth-order valence-electron chi connectivity index (χ4n) is 3.20. The second-order valence-electron chi connectivity index (χ2n) is 5.66. The predicted octanol–water partition coefficient (Wildman–Crippen LogP) is 3.34. The molecule has 102 valence electrons. The van der Waals surface area contributed by atoms with Crippen molar-refractivity contribution in [2.75, 3.05) is 0 Å². The molecule has 1 N–H and O–H groups in total. The van der Waals surface area contributed by atoms with Crippen LogP contribution in [-0.2, 0) is 6.42 Å². The van der Waals surface area contributed by atoms with Gasteiger partial charge in [0.15, 0.2) is 0 Å². The molecule has 1 saturated carbocycles. The maximum atomic E-state index is 9.90. The van der Waals surface area contributed by atoms with Crippen LogP contribution in [0.5, 0.6) is 0 Å². The average molecular weight is 250 g/mol. The lowest BCUT2D eigenvalue weighted by molar-refractivity contribution is 0.0649. The van der Waals surface area contributed by atoms with Crippen molar-refractivity contribution in [1.82, 2.24) is 9.78 Å². The van der Waals surface area contributed by atoms with E-state index in [0.29, 0.717) is 12.0 Å². The maximum Gasteiger partial charge on any atom is 0.0572 e. The van der Waals surface area contributed by atoms with E-state index in [-0.39, 0.29) is 6.10 Å². The molecule has 0 spiro atoms. The summed E-state index contributed by atoms with van der Waals surface area (Å²) in [5.74, 6) is 0.688. The summed E-state index contributed by atoms with van der Waals surface area (Å²) in [4.78, 5) is 0. The third-order valence-electron chi connectivity index (χ3n) is 4.12. The van der Waals surface area contributed by atoms with Crippen molar-refractivity contribution < 1.29 is 5.11 Å². The fourth-order valence-corrected chi connectivity index (χ4v) is 3.20. The van der Waals surface area contributed by atoms with Crippen molar-refractivity contribution in [2.45, 2.75) is 70.9 Å². The van der Waals surface area contributed by atoms with Gasteiger partial charge in [-0.3, -0.25) is 4.68 Å². The van der Waals surface area contributed by atoms with E-state index in [1.807, 2.05) is 6.20 Å². The Hall–Kier alpha value is -0.830. The van der Waals surface area contributed by atoms with Crippen LogP contribution in [0.15, 0.2) is 12.4 Å². The van der Waals surface area contributed by atoms with Crippen LogP contribution in [0.25, 0.3) is 0 Å². The van der Waals surface area contributed by atoms with E-state index in [4.69, 9.17) is 0 Å². The molecule has 1 aromatic rings. The lowest BCUT2D eigenvalue weighted by Gasteiger charge is -2.34. The Kier molecular flexibility index (Phi) is 4.81. The largest absolute Gasteiger partial charge is 0.393 e. The first-order chi connectivity index (χ1) is 8.74. The van der Waals surface area contributed by atoms with Crippen LogP contribution in [0.3, 0.4) is 0 Å². The molecule has 1 aliphatic carbocycles. The van der Waals surface area contributed by atoms with Gasteiger partial charge in [-0.25, -0.2) is 0 Å². The molecule has 0 saturated heterocycles. The second-order valence-corrected chi connectivity index (χ2v) is 5.66. The molecule has 3 atom stereocenters. The van der Waals surface area contributed by atoms with Gasteiger partial charge in [-0.15, -0.1) is 0 Å². The van der Waals surface area contributed by atoms with Crippen molar-refractivity contribution in [3.05, 3.63) is 18.0 Å². The number of rotatable bonds is 5. The summed E-state index contributed by atoms with van der Waals surface area (Å²) < 4.78 is 2.12. The van der Waals surface area contributed by atoms with Gasteiger partial charge in [-0.2, -0.15) is 5.10 Å². The topological polar surface area (TPSA) is 38.0 Å². The third kappa shape index (κ3) is 3.14. The van der Waals surface area contributed by atoms with E-state index in [0.717, 1.165) is 32.1 Å². The summed E-state index contributed by atoms with van der Waals surface area (Å²) in [6, 6.07) is 0.402. The Morgan fingerprint density at radius 3 is 2.89 bits per heavy atom. The van der Waals surface area contributed by atoms with Gasteiger partial charge in [0.2, 0.25) is 0 Å². The standard InChI is InChI=1S/C15H26N2O/c1-3-5-12-10-16-17(11-12)15-9-14(18)8-7-13(15)6-4-2/h10-11,13-15,18H,3-9H2,1-2H3. The first-order valence-corrected chi connectivity index (χ1v) is 7.45. The van der Waals surface area contributed by atoms with Gasteiger partial charge in [0.25, 0.3) is 0 Å². The summed E-state index contributed by atoms with van der Waals surface area (Å²) >= 11 is 0. The number of aliphatic hydroxyl groups is 1. The molecule has 0 bridgehead atoms. The van der Waals surface area contributed by atoms with Crippen LogP contribution in [0.1, 0.15) is 64.0 Å². The molecule has 1 aliphatic rings. The van der Waals surface area contributed by atoms with Gasteiger partial charge in [-0.1, -0.05) is 26.7 Å². The predicted molar refractivity (Wildman–Crippen MR) is 73.5 cm³/mol. The summed E-state index contributed by atoms with van der Waals surface area (Å²) in [5, 5.41) is 14.4. The first kappa shape index (κ1) is 13.6. The highest BCUT2D eigenvalue weighted by Gasteiger charge is 2.30. The van der Waals surface area contributed by atoms with Crippen LogP contribution in [0.2, 0.25) is 0 Å². The minimum Gasteiger partial charge on any atom is -0.393 e. The van der Waals surface area contributed by atoms with E-state index in [1.165, 1.54) is 18.4 Å². The Morgan fingerprint density at radius 1 is 1.33 bits per heavy atom. The lowest BCUT2D eigenvalue weighted by atomic mass is 9.80. The van der Waals surface area contributed by atoms with E-state index in [9.17, 15) is 5.11 Å². The molecule has 3 nitrogen and oxygen atoms in total. The molecule has 0 aromatic carbocycles. The van der Waals surface area contributed by atoms with Crippen LogP contribution in [-0.4, -0.2) is 21.0 Å². The number of aliphatic hydroxyl groups excluding tert-OH is 1. The van der Waals surface area contributed by atoms with Gasteiger partial charge in [0.1, 0.15) is 0 Å². The third-order valence-corrected chi connectivity index (χ3v) is 4.12. The summed E-state index contributed by atoms with van der Waals surface area (Å²) in [5.41, 5.74) is 1.33.